The molecule has 0 saturated heterocycles. The fraction of sp³-hybridized carbons (Fsp3) is 0.389. The van der Waals surface area contributed by atoms with Crippen molar-refractivity contribution in [3.8, 4) is 11.5 Å². The molecule has 0 radical (unpaired) electrons. The van der Waals surface area contributed by atoms with E-state index in [0.717, 1.165) is 24.3 Å². The normalized spacial score (nSPS) is 17.6. The molecule has 2 aromatic rings. The topological polar surface area (TPSA) is 31.4 Å². The fourth-order valence-electron chi connectivity index (χ4n) is 2.76. The van der Waals surface area contributed by atoms with E-state index in [1.807, 2.05) is 24.3 Å². The Balaban J connectivity index is 1.86. The molecule has 0 unspecified atom stereocenters. The molecule has 110 valence electrons. The molecule has 21 heavy (non-hydrogen) atoms. The molecule has 0 spiro atoms. The van der Waals surface area contributed by atoms with Crippen LogP contribution in [-0.4, -0.2) is 10.6 Å². The van der Waals surface area contributed by atoms with Gasteiger partial charge in [0.1, 0.15) is 11.5 Å². The zero-order chi connectivity index (χ0) is 14.9. The molecule has 0 aliphatic heterocycles. The first-order chi connectivity index (χ1) is 10.0. The largest absolute Gasteiger partial charge is 0.457 e. The smallest absolute Gasteiger partial charge is 0.130 e. The second kappa shape index (κ2) is 5.49. The minimum absolute atomic E-state index is 0.131. The summed E-state index contributed by atoms with van der Waals surface area (Å²) in [6.45, 7) is 6.30. The Kier molecular flexibility index (Phi) is 3.68. The predicted molar refractivity (Wildman–Crippen MR) is 82.7 cm³/mol. The van der Waals surface area contributed by atoms with Crippen molar-refractivity contribution in [2.24, 2.45) is 0 Å². The molecule has 1 heterocycles. The molecule has 0 amide bonds. The van der Waals surface area contributed by atoms with E-state index in [0.29, 0.717) is 0 Å². The fourth-order valence-corrected chi connectivity index (χ4v) is 2.76. The van der Waals surface area contributed by atoms with Crippen LogP contribution in [-0.2, 0) is 11.2 Å². The van der Waals surface area contributed by atoms with Gasteiger partial charge in [0.2, 0.25) is 0 Å². The summed E-state index contributed by atoms with van der Waals surface area (Å²) >= 11 is 0. The van der Waals surface area contributed by atoms with Crippen molar-refractivity contribution in [2.75, 3.05) is 0 Å². The molecule has 0 N–H and O–H groups in total. The third kappa shape index (κ3) is 3.24. The Bertz CT molecular complexity index is 617. The second-order valence-electron chi connectivity index (χ2n) is 6.37. The van der Waals surface area contributed by atoms with Crippen LogP contribution in [0.5, 0.6) is 11.5 Å². The quantitative estimate of drug-likeness (QED) is 0.819. The molecule has 3 rings (SSSR count). The molecular formula is C18H21NO2. The summed E-state index contributed by atoms with van der Waals surface area (Å²) in [4.78, 5) is 4.01. The summed E-state index contributed by atoms with van der Waals surface area (Å²) in [5.41, 5.74) is 2.40. The summed E-state index contributed by atoms with van der Waals surface area (Å²) in [5.74, 6) is 1.75. The van der Waals surface area contributed by atoms with Crippen molar-refractivity contribution in [3.63, 3.8) is 0 Å². The molecule has 0 bridgehead atoms. The van der Waals surface area contributed by atoms with E-state index in [4.69, 9.17) is 9.47 Å². The van der Waals surface area contributed by atoms with Crippen molar-refractivity contribution < 1.29 is 9.47 Å². The highest BCUT2D eigenvalue weighted by Crippen LogP contribution is 2.41. The van der Waals surface area contributed by atoms with E-state index in [1.165, 1.54) is 11.1 Å². The van der Waals surface area contributed by atoms with Crippen LogP contribution < -0.4 is 4.74 Å². The summed E-state index contributed by atoms with van der Waals surface area (Å²) in [6, 6.07) is 9.96. The van der Waals surface area contributed by atoms with Gasteiger partial charge >= 0.3 is 0 Å². The molecule has 1 aliphatic carbocycles. The van der Waals surface area contributed by atoms with Gasteiger partial charge in [0, 0.05) is 18.0 Å². The molecular weight excluding hydrogens is 262 g/mol. The Morgan fingerprint density at radius 2 is 1.86 bits per heavy atom. The number of aromatic nitrogens is 1. The first kappa shape index (κ1) is 14.1. The van der Waals surface area contributed by atoms with Gasteiger partial charge in [0.15, 0.2) is 0 Å². The number of rotatable bonds is 3. The molecule has 3 nitrogen and oxygen atoms in total. The predicted octanol–water partition coefficient (Wildman–Crippen LogP) is 4.68. The van der Waals surface area contributed by atoms with E-state index < -0.39 is 0 Å². The van der Waals surface area contributed by atoms with E-state index in [2.05, 4.69) is 31.8 Å². The monoisotopic (exact) mass is 283 g/mol. The number of hydrogen-bond donors (Lipinski definition) is 0. The molecule has 3 heteroatoms. The van der Waals surface area contributed by atoms with Crippen LogP contribution in [0.4, 0.5) is 0 Å². The lowest BCUT2D eigenvalue weighted by Crippen LogP contribution is -2.21. The Morgan fingerprint density at radius 1 is 1.10 bits per heavy atom. The van der Waals surface area contributed by atoms with Crippen molar-refractivity contribution in [3.05, 3.63) is 53.9 Å². The molecule has 1 aromatic heterocycles. The summed E-state index contributed by atoms with van der Waals surface area (Å²) in [6.07, 6.45) is 5.66. The van der Waals surface area contributed by atoms with E-state index >= 15 is 0 Å². The Hall–Kier alpha value is -1.87. The Morgan fingerprint density at radius 3 is 2.57 bits per heavy atom. The number of pyridine rings is 1. The first-order valence-corrected chi connectivity index (χ1v) is 7.40. The first-order valence-electron chi connectivity index (χ1n) is 7.40. The lowest BCUT2D eigenvalue weighted by Gasteiger charge is -2.25. The highest BCUT2D eigenvalue weighted by Gasteiger charge is 2.29. The third-order valence-corrected chi connectivity index (χ3v) is 3.55. The maximum absolute atomic E-state index is 6.16. The van der Waals surface area contributed by atoms with Crippen LogP contribution in [0.1, 0.15) is 44.4 Å². The van der Waals surface area contributed by atoms with Gasteiger partial charge in [-0.1, -0.05) is 12.1 Å². The average Bonchev–Trinajstić information content (AvgIpc) is 2.82. The number of hydrogen-bond acceptors (Lipinski definition) is 3. The summed E-state index contributed by atoms with van der Waals surface area (Å²) < 4.78 is 12.2. The number of ether oxygens (including phenoxy) is 2. The van der Waals surface area contributed by atoms with Gasteiger partial charge in [-0.15, -0.1) is 0 Å². The van der Waals surface area contributed by atoms with Crippen LogP contribution in [0.15, 0.2) is 42.7 Å². The minimum atomic E-state index is -0.131. The highest BCUT2D eigenvalue weighted by molar-refractivity contribution is 5.46. The van der Waals surface area contributed by atoms with Gasteiger partial charge in [-0.05, 0) is 57.4 Å². The van der Waals surface area contributed by atoms with Crippen molar-refractivity contribution in [1.29, 1.82) is 0 Å². The van der Waals surface area contributed by atoms with Crippen molar-refractivity contribution >= 4 is 0 Å². The highest BCUT2D eigenvalue weighted by atomic mass is 16.5. The van der Waals surface area contributed by atoms with Crippen LogP contribution in [0.25, 0.3) is 0 Å². The van der Waals surface area contributed by atoms with Gasteiger partial charge in [0.25, 0.3) is 0 Å². The van der Waals surface area contributed by atoms with E-state index in [1.54, 1.807) is 12.4 Å². The van der Waals surface area contributed by atoms with Crippen LogP contribution in [0, 0.1) is 0 Å². The standard InChI is InChI=1S/C18H21NO2/c1-18(2,3)21-17-8-7-15-14(17)5-4-6-16(15)20-13-9-11-19-12-10-13/h4-6,9-12,17H,7-8H2,1-3H3/t17-/m1/s1. The van der Waals surface area contributed by atoms with Crippen LogP contribution >= 0.6 is 0 Å². The van der Waals surface area contributed by atoms with Crippen molar-refractivity contribution in [2.45, 2.75) is 45.3 Å². The van der Waals surface area contributed by atoms with Gasteiger partial charge in [-0.3, -0.25) is 4.98 Å². The summed E-state index contributed by atoms with van der Waals surface area (Å²) in [7, 11) is 0. The molecule has 0 fully saturated rings. The summed E-state index contributed by atoms with van der Waals surface area (Å²) in [5, 5.41) is 0. The minimum Gasteiger partial charge on any atom is -0.457 e. The lowest BCUT2D eigenvalue weighted by molar-refractivity contribution is -0.0605. The third-order valence-electron chi connectivity index (χ3n) is 3.55. The number of fused-ring (bicyclic) bond motifs is 1. The maximum Gasteiger partial charge on any atom is 0.130 e. The van der Waals surface area contributed by atoms with Gasteiger partial charge in [-0.2, -0.15) is 0 Å². The SMILES string of the molecule is CC(C)(C)O[C@@H]1CCc2c(Oc3ccncc3)cccc21. The second-order valence-corrected chi connectivity index (χ2v) is 6.37. The molecule has 1 aromatic carbocycles. The zero-order valence-electron chi connectivity index (χ0n) is 12.8. The van der Waals surface area contributed by atoms with Gasteiger partial charge in [-0.25, -0.2) is 0 Å². The van der Waals surface area contributed by atoms with Crippen molar-refractivity contribution in [1.82, 2.24) is 4.98 Å². The number of benzene rings is 1. The Labute approximate surface area is 125 Å². The van der Waals surface area contributed by atoms with Gasteiger partial charge < -0.3 is 9.47 Å². The maximum atomic E-state index is 6.16. The van der Waals surface area contributed by atoms with Crippen LogP contribution in [0.3, 0.4) is 0 Å². The number of nitrogens with zero attached hydrogens (tertiary/aromatic N) is 1. The average molecular weight is 283 g/mol. The van der Waals surface area contributed by atoms with Gasteiger partial charge in [0.05, 0.1) is 11.7 Å². The van der Waals surface area contributed by atoms with E-state index in [9.17, 15) is 0 Å². The molecule has 0 saturated carbocycles. The molecule has 1 aliphatic rings. The zero-order valence-corrected chi connectivity index (χ0v) is 12.8. The molecule has 1 atom stereocenters. The lowest BCUT2D eigenvalue weighted by atomic mass is 10.1. The van der Waals surface area contributed by atoms with Crippen LogP contribution in [0.2, 0.25) is 0 Å². The van der Waals surface area contributed by atoms with E-state index in [-0.39, 0.29) is 11.7 Å².